The molecule has 2 heterocycles. The summed E-state index contributed by atoms with van der Waals surface area (Å²) in [6.07, 6.45) is 0. The Morgan fingerprint density at radius 2 is 1.93 bits per heavy atom. The number of anilines is 2. The van der Waals surface area contributed by atoms with Crippen LogP contribution in [-0.4, -0.2) is 48.5 Å². The van der Waals surface area contributed by atoms with E-state index in [2.05, 4.69) is 31.6 Å². The zero-order valence-corrected chi connectivity index (χ0v) is 16.9. The molecule has 0 aliphatic carbocycles. The smallest absolute Gasteiger partial charge is 0.263 e. The number of hydrogen-bond acceptors (Lipinski definition) is 7. The number of nitrogens with one attached hydrogen (secondary N) is 1. The minimum absolute atomic E-state index is 0.213. The molecule has 29 heavy (non-hydrogen) atoms. The molecule has 2 aliphatic rings. The number of hydrogen-bond donors (Lipinski definition) is 1. The number of carbonyl (C=O) groups excluding carboxylic acids is 3. The molecular formula is C19H16BrN5O4. The molecule has 0 unspecified atom stereocenters. The number of carbonyl (C=O) groups is 3. The molecule has 3 amide bonds. The number of benzene rings is 2. The van der Waals surface area contributed by atoms with Crippen LogP contribution < -0.4 is 15.0 Å². The van der Waals surface area contributed by atoms with Gasteiger partial charge in [0.2, 0.25) is 5.91 Å². The van der Waals surface area contributed by atoms with E-state index in [0.717, 1.165) is 9.37 Å². The Morgan fingerprint density at radius 3 is 2.66 bits per heavy atom. The summed E-state index contributed by atoms with van der Waals surface area (Å²) < 4.78 is 5.96. The van der Waals surface area contributed by atoms with Crippen molar-refractivity contribution >= 4 is 45.0 Å². The first-order valence-electron chi connectivity index (χ1n) is 8.72. The number of imide groups is 1. The van der Waals surface area contributed by atoms with Crippen molar-refractivity contribution < 1.29 is 19.1 Å². The van der Waals surface area contributed by atoms with Gasteiger partial charge in [0.15, 0.2) is 12.1 Å². The minimum atomic E-state index is -0.948. The van der Waals surface area contributed by atoms with E-state index in [-0.39, 0.29) is 12.5 Å². The predicted molar refractivity (Wildman–Crippen MR) is 107 cm³/mol. The van der Waals surface area contributed by atoms with Gasteiger partial charge in [-0.25, -0.2) is 4.90 Å². The first kappa shape index (κ1) is 19.1. The first-order chi connectivity index (χ1) is 14.0. The maximum Gasteiger partial charge on any atom is 0.263 e. The molecule has 9 nitrogen and oxygen atoms in total. The first-order valence-corrected chi connectivity index (χ1v) is 9.52. The molecule has 10 heteroatoms. The molecule has 2 aromatic carbocycles. The van der Waals surface area contributed by atoms with Crippen LogP contribution in [-0.2, 0) is 14.4 Å². The van der Waals surface area contributed by atoms with E-state index < -0.39 is 23.9 Å². The van der Waals surface area contributed by atoms with Crippen molar-refractivity contribution in [2.75, 3.05) is 23.9 Å². The van der Waals surface area contributed by atoms with Crippen LogP contribution in [0.2, 0.25) is 0 Å². The topological polar surface area (TPSA) is 104 Å². The van der Waals surface area contributed by atoms with E-state index >= 15 is 0 Å². The van der Waals surface area contributed by atoms with Gasteiger partial charge >= 0.3 is 0 Å². The number of methoxy groups -OCH3 is 1. The van der Waals surface area contributed by atoms with Crippen molar-refractivity contribution in [2.24, 2.45) is 10.3 Å². The molecule has 1 saturated heterocycles. The zero-order valence-electron chi connectivity index (χ0n) is 15.3. The number of halogens is 1. The van der Waals surface area contributed by atoms with Gasteiger partial charge in [0.25, 0.3) is 11.8 Å². The van der Waals surface area contributed by atoms with Gasteiger partial charge in [0, 0.05) is 16.2 Å². The van der Waals surface area contributed by atoms with Crippen molar-refractivity contribution in [3.05, 3.63) is 53.0 Å². The second-order valence-corrected chi connectivity index (χ2v) is 7.38. The molecule has 1 fully saturated rings. The highest BCUT2D eigenvalue weighted by molar-refractivity contribution is 9.10. The molecule has 148 valence electrons. The van der Waals surface area contributed by atoms with Crippen molar-refractivity contribution in [1.29, 1.82) is 0 Å². The van der Waals surface area contributed by atoms with Gasteiger partial charge in [-0.3, -0.25) is 19.4 Å². The molecule has 0 spiro atoms. The standard InChI is InChI=1S/C19H16BrN5O4/c1-29-14-4-2-3-12(9-14)21-15(26)10-24-17-16(22-23-24)18(27)25(19(17)28)13-7-5-11(20)6-8-13/h2-9,16-17H,10H2,1H3,(H,21,26)/t16-,17+/m0/s1. The van der Waals surface area contributed by atoms with E-state index in [1.54, 1.807) is 48.5 Å². The Bertz CT molecular complexity index is 1010. The van der Waals surface area contributed by atoms with E-state index in [0.29, 0.717) is 17.1 Å². The highest BCUT2D eigenvalue weighted by Gasteiger charge is 2.55. The SMILES string of the molecule is COc1cccc(NC(=O)CN2N=N[C@@H]3C(=O)N(c4ccc(Br)cc4)C(=O)[C@@H]32)c1. The normalized spacial score (nSPS) is 20.2. The molecular weight excluding hydrogens is 442 g/mol. The van der Waals surface area contributed by atoms with E-state index in [9.17, 15) is 14.4 Å². The predicted octanol–water partition coefficient (Wildman–Crippen LogP) is 2.39. The molecule has 1 N–H and O–H groups in total. The molecule has 2 atom stereocenters. The summed E-state index contributed by atoms with van der Waals surface area (Å²) in [5.41, 5.74) is 1.00. The number of rotatable bonds is 5. The molecule has 0 bridgehead atoms. The van der Waals surface area contributed by atoms with E-state index in [4.69, 9.17) is 4.74 Å². The van der Waals surface area contributed by atoms with Gasteiger partial charge in [-0.2, -0.15) is 5.11 Å². The van der Waals surface area contributed by atoms with E-state index in [1.807, 2.05) is 0 Å². The average Bonchev–Trinajstić information content (AvgIpc) is 3.23. The van der Waals surface area contributed by atoms with Crippen LogP contribution in [0.3, 0.4) is 0 Å². The lowest BCUT2D eigenvalue weighted by Crippen LogP contribution is -2.43. The fourth-order valence-electron chi connectivity index (χ4n) is 3.25. The maximum absolute atomic E-state index is 12.9. The Balaban J connectivity index is 1.47. The molecule has 2 aliphatic heterocycles. The van der Waals surface area contributed by atoms with Crippen LogP contribution in [0, 0.1) is 0 Å². The van der Waals surface area contributed by atoms with Crippen LogP contribution in [0.5, 0.6) is 5.75 Å². The third kappa shape index (κ3) is 3.58. The van der Waals surface area contributed by atoms with Crippen LogP contribution in [0.25, 0.3) is 0 Å². The van der Waals surface area contributed by atoms with Gasteiger partial charge in [0.1, 0.15) is 12.3 Å². The van der Waals surface area contributed by atoms with Crippen molar-refractivity contribution in [3.63, 3.8) is 0 Å². The average molecular weight is 458 g/mol. The largest absolute Gasteiger partial charge is 0.497 e. The van der Waals surface area contributed by atoms with Gasteiger partial charge in [0.05, 0.1) is 12.8 Å². The second-order valence-electron chi connectivity index (χ2n) is 6.46. The lowest BCUT2D eigenvalue weighted by Gasteiger charge is -2.20. The zero-order chi connectivity index (χ0) is 20.5. The number of amides is 3. The minimum Gasteiger partial charge on any atom is -0.497 e. The molecule has 0 saturated carbocycles. The van der Waals surface area contributed by atoms with Crippen LogP contribution >= 0.6 is 15.9 Å². The number of ether oxygens (including phenoxy) is 1. The summed E-state index contributed by atoms with van der Waals surface area (Å²) in [7, 11) is 1.53. The Kier molecular flexibility index (Phi) is 5.01. The highest BCUT2D eigenvalue weighted by Crippen LogP contribution is 2.32. The van der Waals surface area contributed by atoms with Gasteiger partial charge in [-0.1, -0.05) is 27.2 Å². The number of nitrogens with zero attached hydrogens (tertiary/aromatic N) is 4. The number of fused-ring (bicyclic) bond motifs is 1. The Hall–Kier alpha value is -3.27. The maximum atomic E-state index is 12.9. The monoisotopic (exact) mass is 457 g/mol. The second kappa shape index (κ2) is 7.63. The van der Waals surface area contributed by atoms with Crippen LogP contribution in [0.4, 0.5) is 11.4 Å². The summed E-state index contributed by atoms with van der Waals surface area (Å²) in [4.78, 5) is 39.1. The molecule has 0 radical (unpaired) electrons. The summed E-state index contributed by atoms with van der Waals surface area (Å²) >= 11 is 3.32. The summed E-state index contributed by atoms with van der Waals surface area (Å²) in [6.45, 7) is -0.213. The van der Waals surface area contributed by atoms with Gasteiger partial charge < -0.3 is 10.1 Å². The third-order valence-electron chi connectivity index (χ3n) is 4.60. The Morgan fingerprint density at radius 1 is 1.17 bits per heavy atom. The molecule has 4 rings (SSSR count). The van der Waals surface area contributed by atoms with Gasteiger partial charge in [-0.15, -0.1) is 0 Å². The quantitative estimate of drug-likeness (QED) is 0.694. The van der Waals surface area contributed by atoms with Crippen molar-refractivity contribution in [3.8, 4) is 5.75 Å². The Labute approximate surface area is 174 Å². The van der Waals surface area contributed by atoms with E-state index in [1.165, 1.54) is 12.1 Å². The van der Waals surface area contributed by atoms with Crippen LogP contribution in [0.15, 0.2) is 63.3 Å². The highest BCUT2D eigenvalue weighted by atomic mass is 79.9. The summed E-state index contributed by atoms with van der Waals surface area (Å²) in [5.74, 6) is -0.700. The van der Waals surface area contributed by atoms with Crippen molar-refractivity contribution in [1.82, 2.24) is 5.01 Å². The van der Waals surface area contributed by atoms with Crippen LogP contribution in [0.1, 0.15) is 0 Å². The molecule has 0 aromatic heterocycles. The summed E-state index contributed by atoms with van der Waals surface area (Å²) in [5, 5.41) is 11.8. The fourth-order valence-corrected chi connectivity index (χ4v) is 3.51. The lowest BCUT2D eigenvalue weighted by atomic mass is 10.1. The summed E-state index contributed by atoms with van der Waals surface area (Å²) in [6, 6.07) is 11.8. The fraction of sp³-hybridized carbons (Fsp3) is 0.211. The van der Waals surface area contributed by atoms with Gasteiger partial charge in [-0.05, 0) is 36.4 Å². The lowest BCUT2D eigenvalue weighted by molar-refractivity contribution is -0.123. The van der Waals surface area contributed by atoms with Crippen molar-refractivity contribution in [2.45, 2.75) is 12.1 Å². The molecule has 2 aromatic rings. The third-order valence-corrected chi connectivity index (χ3v) is 5.13.